The number of hydrogen-bond acceptors (Lipinski definition) is 3. The van der Waals surface area contributed by atoms with Crippen molar-refractivity contribution < 1.29 is 14.3 Å². The number of carbonyl (C=O) groups is 1. The molecule has 4 heteroatoms. The standard InChI is InChI=1S/C16H23NO3/c1-13-11-19-12-14(2)17(13)16(18)9-6-10-20-15-7-4-3-5-8-15/h3-5,7-8,13-14H,6,9-12H2,1-2H3. The van der Waals surface area contributed by atoms with Gasteiger partial charge in [-0.25, -0.2) is 0 Å². The molecule has 2 atom stereocenters. The summed E-state index contributed by atoms with van der Waals surface area (Å²) in [5, 5.41) is 0. The molecule has 1 aromatic carbocycles. The van der Waals surface area contributed by atoms with Crippen LogP contribution in [-0.2, 0) is 9.53 Å². The molecule has 2 rings (SSSR count). The Labute approximate surface area is 120 Å². The van der Waals surface area contributed by atoms with Gasteiger partial charge in [0.2, 0.25) is 5.91 Å². The highest BCUT2D eigenvalue weighted by Gasteiger charge is 2.28. The van der Waals surface area contributed by atoms with Gasteiger partial charge in [0.1, 0.15) is 5.75 Å². The second kappa shape index (κ2) is 7.29. The minimum atomic E-state index is 0.168. The lowest BCUT2D eigenvalue weighted by molar-refractivity contribution is -0.144. The number of amides is 1. The Kier molecular flexibility index (Phi) is 5.41. The van der Waals surface area contributed by atoms with Crippen LogP contribution in [0.1, 0.15) is 26.7 Å². The molecule has 1 heterocycles. The molecule has 110 valence electrons. The van der Waals surface area contributed by atoms with Crippen molar-refractivity contribution in [2.75, 3.05) is 19.8 Å². The molecule has 0 aromatic heterocycles. The average Bonchev–Trinajstić information content (AvgIpc) is 2.44. The Hall–Kier alpha value is -1.55. The quantitative estimate of drug-likeness (QED) is 0.776. The van der Waals surface area contributed by atoms with Gasteiger partial charge in [-0.2, -0.15) is 0 Å². The topological polar surface area (TPSA) is 38.8 Å². The normalized spacial score (nSPS) is 22.6. The largest absolute Gasteiger partial charge is 0.494 e. The third kappa shape index (κ3) is 3.97. The van der Waals surface area contributed by atoms with E-state index in [1.165, 1.54) is 0 Å². The summed E-state index contributed by atoms with van der Waals surface area (Å²) in [6.07, 6.45) is 1.27. The average molecular weight is 277 g/mol. The number of benzene rings is 1. The summed E-state index contributed by atoms with van der Waals surface area (Å²) < 4.78 is 11.0. The van der Waals surface area contributed by atoms with E-state index in [2.05, 4.69) is 0 Å². The molecule has 0 N–H and O–H groups in total. The van der Waals surface area contributed by atoms with Gasteiger partial charge in [0.25, 0.3) is 0 Å². The lowest BCUT2D eigenvalue weighted by Gasteiger charge is -2.38. The zero-order valence-electron chi connectivity index (χ0n) is 12.2. The number of hydrogen-bond donors (Lipinski definition) is 0. The van der Waals surface area contributed by atoms with Crippen molar-refractivity contribution >= 4 is 5.91 Å². The van der Waals surface area contributed by atoms with Gasteiger partial charge >= 0.3 is 0 Å². The molecule has 1 fully saturated rings. The Morgan fingerprint density at radius 3 is 2.55 bits per heavy atom. The van der Waals surface area contributed by atoms with E-state index in [-0.39, 0.29) is 18.0 Å². The number of morpholine rings is 1. The molecule has 1 saturated heterocycles. The smallest absolute Gasteiger partial charge is 0.223 e. The van der Waals surface area contributed by atoms with Gasteiger partial charge in [-0.15, -0.1) is 0 Å². The first kappa shape index (κ1) is 14.9. The van der Waals surface area contributed by atoms with Gasteiger partial charge in [-0.05, 0) is 32.4 Å². The van der Waals surface area contributed by atoms with Crippen molar-refractivity contribution in [2.45, 2.75) is 38.8 Å². The van der Waals surface area contributed by atoms with Crippen LogP contribution in [-0.4, -0.2) is 42.7 Å². The number of para-hydroxylation sites is 1. The fraction of sp³-hybridized carbons (Fsp3) is 0.562. The van der Waals surface area contributed by atoms with Crippen molar-refractivity contribution in [2.24, 2.45) is 0 Å². The van der Waals surface area contributed by atoms with Crippen LogP contribution in [0.25, 0.3) is 0 Å². The van der Waals surface area contributed by atoms with Crippen LogP contribution in [0.3, 0.4) is 0 Å². The van der Waals surface area contributed by atoms with Crippen molar-refractivity contribution in [1.29, 1.82) is 0 Å². The first-order valence-corrected chi connectivity index (χ1v) is 7.25. The van der Waals surface area contributed by atoms with Crippen LogP contribution in [0.4, 0.5) is 0 Å². The summed E-state index contributed by atoms with van der Waals surface area (Å²) >= 11 is 0. The van der Waals surface area contributed by atoms with Gasteiger partial charge in [-0.3, -0.25) is 4.79 Å². The molecule has 1 amide bonds. The van der Waals surface area contributed by atoms with E-state index in [0.717, 1.165) is 12.2 Å². The molecule has 4 nitrogen and oxygen atoms in total. The Balaban J connectivity index is 1.72. The van der Waals surface area contributed by atoms with E-state index >= 15 is 0 Å². The van der Waals surface area contributed by atoms with E-state index in [1.54, 1.807) is 0 Å². The summed E-state index contributed by atoms with van der Waals surface area (Å²) in [7, 11) is 0. The number of nitrogens with zero attached hydrogens (tertiary/aromatic N) is 1. The molecule has 0 spiro atoms. The van der Waals surface area contributed by atoms with Crippen LogP contribution in [0.15, 0.2) is 30.3 Å². The maximum Gasteiger partial charge on any atom is 0.223 e. The molecule has 0 aliphatic carbocycles. The molecule has 1 aromatic rings. The highest BCUT2D eigenvalue weighted by atomic mass is 16.5. The maximum atomic E-state index is 12.2. The Morgan fingerprint density at radius 1 is 1.25 bits per heavy atom. The van der Waals surface area contributed by atoms with Crippen molar-refractivity contribution in [3.8, 4) is 5.75 Å². The fourth-order valence-electron chi connectivity index (χ4n) is 2.56. The van der Waals surface area contributed by atoms with Gasteiger partial charge in [0.15, 0.2) is 0 Å². The Bertz CT molecular complexity index is 411. The first-order chi connectivity index (χ1) is 9.68. The maximum absolute atomic E-state index is 12.2. The van der Waals surface area contributed by atoms with Crippen LogP contribution in [0.5, 0.6) is 5.75 Å². The summed E-state index contributed by atoms with van der Waals surface area (Å²) in [6, 6.07) is 10.0. The highest BCUT2D eigenvalue weighted by Crippen LogP contribution is 2.15. The molecule has 1 aliphatic heterocycles. The lowest BCUT2D eigenvalue weighted by atomic mass is 10.1. The van der Waals surface area contributed by atoms with E-state index in [4.69, 9.17) is 9.47 Å². The monoisotopic (exact) mass is 277 g/mol. The van der Waals surface area contributed by atoms with Crippen LogP contribution >= 0.6 is 0 Å². The molecule has 20 heavy (non-hydrogen) atoms. The molecule has 0 radical (unpaired) electrons. The molecule has 2 unspecified atom stereocenters. The molecular weight excluding hydrogens is 254 g/mol. The molecular formula is C16H23NO3. The predicted molar refractivity (Wildman–Crippen MR) is 77.8 cm³/mol. The third-order valence-corrected chi connectivity index (χ3v) is 3.50. The molecule has 0 saturated carbocycles. The second-order valence-electron chi connectivity index (χ2n) is 5.30. The molecule has 0 bridgehead atoms. The highest BCUT2D eigenvalue weighted by molar-refractivity contribution is 5.77. The summed E-state index contributed by atoms with van der Waals surface area (Å²) in [6.45, 7) is 5.91. The van der Waals surface area contributed by atoms with E-state index in [9.17, 15) is 4.79 Å². The van der Waals surface area contributed by atoms with E-state index < -0.39 is 0 Å². The SMILES string of the molecule is CC1COCC(C)N1C(=O)CCCOc1ccccc1. The lowest BCUT2D eigenvalue weighted by Crippen LogP contribution is -2.52. The van der Waals surface area contributed by atoms with Crippen LogP contribution in [0, 0.1) is 0 Å². The Morgan fingerprint density at radius 2 is 1.90 bits per heavy atom. The van der Waals surface area contributed by atoms with Gasteiger partial charge in [-0.1, -0.05) is 18.2 Å². The first-order valence-electron chi connectivity index (χ1n) is 7.25. The summed E-state index contributed by atoms with van der Waals surface area (Å²) in [4.78, 5) is 14.2. The van der Waals surface area contributed by atoms with Crippen LogP contribution in [0.2, 0.25) is 0 Å². The zero-order valence-corrected chi connectivity index (χ0v) is 12.2. The molecule has 1 aliphatic rings. The zero-order chi connectivity index (χ0) is 14.4. The van der Waals surface area contributed by atoms with Gasteiger partial charge in [0, 0.05) is 6.42 Å². The number of ether oxygens (including phenoxy) is 2. The van der Waals surface area contributed by atoms with Crippen LogP contribution < -0.4 is 4.74 Å². The fourth-order valence-corrected chi connectivity index (χ4v) is 2.56. The third-order valence-electron chi connectivity index (χ3n) is 3.50. The second-order valence-corrected chi connectivity index (χ2v) is 5.30. The predicted octanol–water partition coefficient (Wildman–Crippen LogP) is 2.48. The van der Waals surface area contributed by atoms with Crippen molar-refractivity contribution in [1.82, 2.24) is 4.90 Å². The summed E-state index contributed by atoms with van der Waals surface area (Å²) in [5.74, 6) is 1.05. The van der Waals surface area contributed by atoms with Gasteiger partial charge in [0.05, 0.1) is 31.9 Å². The van der Waals surface area contributed by atoms with Gasteiger partial charge < -0.3 is 14.4 Å². The minimum Gasteiger partial charge on any atom is -0.494 e. The van der Waals surface area contributed by atoms with E-state index in [1.807, 2.05) is 49.1 Å². The number of carbonyl (C=O) groups excluding carboxylic acids is 1. The summed E-state index contributed by atoms with van der Waals surface area (Å²) in [5.41, 5.74) is 0. The van der Waals surface area contributed by atoms with Crippen molar-refractivity contribution in [3.05, 3.63) is 30.3 Å². The number of rotatable bonds is 5. The van der Waals surface area contributed by atoms with E-state index in [0.29, 0.717) is 26.2 Å². The van der Waals surface area contributed by atoms with Crippen molar-refractivity contribution in [3.63, 3.8) is 0 Å². The minimum absolute atomic E-state index is 0.168.